The zero-order valence-electron chi connectivity index (χ0n) is 13.0. The van der Waals surface area contributed by atoms with Crippen molar-refractivity contribution in [2.75, 3.05) is 44.8 Å². The molecule has 7 nitrogen and oxygen atoms in total. The minimum Gasteiger partial charge on any atom is -0.384 e. The molecule has 1 aliphatic heterocycles. The van der Waals surface area contributed by atoms with Gasteiger partial charge in [0.05, 0.1) is 6.61 Å². The Morgan fingerprint density at radius 1 is 1.30 bits per heavy atom. The van der Waals surface area contributed by atoms with Gasteiger partial charge >= 0.3 is 0 Å². The molecule has 1 aliphatic rings. The molecule has 0 saturated carbocycles. The fourth-order valence-corrected chi connectivity index (χ4v) is 3.18. The number of amides is 1. The van der Waals surface area contributed by atoms with Crippen molar-refractivity contribution in [1.29, 1.82) is 0 Å². The summed E-state index contributed by atoms with van der Waals surface area (Å²) < 4.78 is 9.39. The fourth-order valence-electron chi connectivity index (χ4n) is 2.42. The van der Waals surface area contributed by atoms with Crippen molar-refractivity contribution in [2.24, 2.45) is 0 Å². The molecule has 23 heavy (non-hydrogen) atoms. The molecular formula is C15H19N5O2S. The van der Waals surface area contributed by atoms with Crippen LogP contribution in [0.15, 0.2) is 24.4 Å². The van der Waals surface area contributed by atoms with Gasteiger partial charge in [-0.15, -0.1) is 0 Å². The molecule has 0 unspecified atom stereocenters. The lowest BCUT2D eigenvalue weighted by atomic mass is 10.2. The summed E-state index contributed by atoms with van der Waals surface area (Å²) in [6.07, 6.45) is 2.37. The quantitative estimate of drug-likeness (QED) is 0.815. The van der Waals surface area contributed by atoms with E-state index in [1.165, 1.54) is 11.5 Å². The minimum atomic E-state index is -0.0108. The van der Waals surface area contributed by atoms with Crippen LogP contribution in [0.4, 0.5) is 5.13 Å². The van der Waals surface area contributed by atoms with Crippen molar-refractivity contribution in [2.45, 2.75) is 6.42 Å². The third-order valence-corrected chi connectivity index (χ3v) is 4.52. The molecule has 122 valence electrons. The van der Waals surface area contributed by atoms with Crippen molar-refractivity contribution < 1.29 is 9.53 Å². The highest BCUT2D eigenvalue weighted by Crippen LogP contribution is 2.19. The van der Waals surface area contributed by atoms with Crippen LogP contribution < -0.4 is 4.90 Å². The molecule has 0 spiro atoms. The van der Waals surface area contributed by atoms with Gasteiger partial charge in [-0.2, -0.15) is 4.37 Å². The summed E-state index contributed by atoms with van der Waals surface area (Å²) in [6, 6.07) is 5.39. The van der Waals surface area contributed by atoms with Crippen LogP contribution in [0.5, 0.6) is 0 Å². The number of rotatable bonds is 5. The second-order valence-corrected chi connectivity index (χ2v) is 5.96. The molecule has 3 heterocycles. The summed E-state index contributed by atoms with van der Waals surface area (Å²) in [5, 5.41) is 0.918. The van der Waals surface area contributed by atoms with Gasteiger partial charge in [-0.3, -0.25) is 9.78 Å². The topological polar surface area (TPSA) is 71.5 Å². The zero-order valence-corrected chi connectivity index (χ0v) is 13.8. The zero-order chi connectivity index (χ0) is 16.1. The van der Waals surface area contributed by atoms with E-state index in [2.05, 4.69) is 19.2 Å². The minimum absolute atomic E-state index is 0.0108. The first-order valence-electron chi connectivity index (χ1n) is 7.54. The van der Waals surface area contributed by atoms with E-state index in [1.807, 2.05) is 17.0 Å². The Morgan fingerprint density at radius 2 is 2.13 bits per heavy atom. The van der Waals surface area contributed by atoms with E-state index in [-0.39, 0.29) is 5.91 Å². The third-order valence-electron chi connectivity index (χ3n) is 3.71. The number of hydrogen-bond acceptors (Lipinski definition) is 7. The van der Waals surface area contributed by atoms with E-state index in [0.29, 0.717) is 25.4 Å². The first-order valence-corrected chi connectivity index (χ1v) is 8.32. The first kappa shape index (κ1) is 15.8. The maximum atomic E-state index is 12.4. The number of anilines is 1. The lowest BCUT2D eigenvalue weighted by molar-refractivity contribution is 0.0741. The lowest BCUT2D eigenvalue weighted by Gasteiger charge is -2.34. The predicted molar refractivity (Wildman–Crippen MR) is 87.8 cm³/mol. The Bertz CT molecular complexity index is 640. The van der Waals surface area contributed by atoms with Crippen molar-refractivity contribution in [1.82, 2.24) is 19.2 Å². The molecule has 1 saturated heterocycles. The Labute approximate surface area is 139 Å². The van der Waals surface area contributed by atoms with Crippen molar-refractivity contribution in [3.8, 4) is 0 Å². The van der Waals surface area contributed by atoms with Crippen molar-refractivity contribution >= 4 is 22.6 Å². The SMILES string of the molecule is COCCc1nsc(N2CCN(C(=O)c3ccccn3)CC2)n1. The standard InChI is InChI=1S/C15H19N5O2S/c1-22-11-5-13-17-15(23-18-13)20-9-7-19(8-10-20)14(21)12-4-2-3-6-16-12/h2-4,6H,5,7-11H2,1H3. The number of methoxy groups -OCH3 is 1. The predicted octanol–water partition coefficient (Wildman–Crippen LogP) is 1.08. The Hall–Kier alpha value is -2.06. The maximum Gasteiger partial charge on any atom is 0.272 e. The smallest absolute Gasteiger partial charge is 0.272 e. The van der Waals surface area contributed by atoms with Crippen LogP contribution in [-0.2, 0) is 11.2 Å². The molecule has 0 bridgehead atoms. The molecule has 0 aromatic carbocycles. The summed E-state index contributed by atoms with van der Waals surface area (Å²) in [6.45, 7) is 3.49. The number of carbonyl (C=O) groups excluding carboxylic acids is 1. The number of nitrogens with zero attached hydrogens (tertiary/aromatic N) is 5. The average Bonchev–Trinajstić information content (AvgIpc) is 3.09. The molecule has 0 radical (unpaired) electrons. The largest absolute Gasteiger partial charge is 0.384 e. The summed E-state index contributed by atoms with van der Waals surface area (Å²) in [4.78, 5) is 25.0. The van der Waals surface area contributed by atoms with Crippen molar-refractivity contribution in [3.63, 3.8) is 0 Å². The van der Waals surface area contributed by atoms with E-state index in [0.717, 1.165) is 30.5 Å². The van der Waals surface area contributed by atoms with Gasteiger partial charge in [0.2, 0.25) is 5.13 Å². The van der Waals surface area contributed by atoms with Gasteiger partial charge in [-0.25, -0.2) is 4.98 Å². The van der Waals surface area contributed by atoms with Gasteiger partial charge in [0, 0.05) is 57.4 Å². The summed E-state index contributed by atoms with van der Waals surface area (Å²) in [5.74, 6) is 0.808. The van der Waals surface area contributed by atoms with Gasteiger partial charge < -0.3 is 14.5 Å². The second-order valence-electron chi connectivity index (χ2n) is 5.23. The van der Waals surface area contributed by atoms with Crippen LogP contribution in [0.2, 0.25) is 0 Å². The molecule has 0 aliphatic carbocycles. The normalized spacial score (nSPS) is 15.0. The highest BCUT2D eigenvalue weighted by atomic mass is 32.1. The van der Waals surface area contributed by atoms with Crippen LogP contribution >= 0.6 is 11.5 Å². The van der Waals surface area contributed by atoms with E-state index in [1.54, 1.807) is 19.4 Å². The summed E-state index contributed by atoms with van der Waals surface area (Å²) >= 11 is 1.41. The molecular weight excluding hydrogens is 314 g/mol. The van der Waals surface area contributed by atoms with Gasteiger partial charge in [-0.05, 0) is 12.1 Å². The Morgan fingerprint density at radius 3 is 2.83 bits per heavy atom. The Kier molecular flexibility index (Phi) is 5.14. The van der Waals surface area contributed by atoms with Gasteiger partial charge in [0.1, 0.15) is 11.5 Å². The molecule has 1 amide bonds. The second kappa shape index (κ2) is 7.47. The molecule has 2 aromatic heterocycles. The van der Waals surface area contributed by atoms with Crippen LogP contribution in [0, 0.1) is 0 Å². The van der Waals surface area contributed by atoms with Crippen LogP contribution in [0.3, 0.4) is 0 Å². The molecule has 1 fully saturated rings. The number of piperazine rings is 1. The molecule has 8 heteroatoms. The molecule has 0 N–H and O–H groups in total. The van der Waals surface area contributed by atoms with Gasteiger partial charge in [0.15, 0.2) is 0 Å². The number of hydrogen-bond donors (Lipinski definition) is 0. The highest BCUT2D eigenvalue weighted by Gasteiger charge is 2.24. The van der Waals surface area contributed by atoms with E-state index < -0.39 is 0 Å². The maximum absolute atomic E-state index is 12.4. The fraction of sp³-hybridized carbons (Fsp3) is 0.467. The highest BCUT2D eigenvalue weighted by molar-refractivity contribution is 7.09. The number of pyridine rings is 1. The van der Waals surface area contributed by atoms with E-state index >= 15 is 0 Å². The first-order chi connectivity index (χ1) is 11.3. The van der Waals surface area contributed by atoms with E-state index in [4.69, 9.17) is 4.74 Å². The average molecular weight is 333 g/mol. The summed E-state index contributed by atoms with van der Waals surface area (Å²) in [5.41, 5.74) is 0.499. The number of aromatic nitrogens is 3. The van der Waals surface area contributed by atoms with Crippen LogP contribution in [-0.4, -0.2) is 65.0 Å². The van der Waals surface area contributed by atoms with E-state index in [9.17, 15) is 4.79 Å². The van der Waals surface area contributed by atoms with Crippen molar-refractivity contribution in [3.05, 3.63) is 35.9 Å². The monoisotopic (exact) mass is 333 g/mol. The number of carbonyl (C=O) groups is 1. The van der Waals surface area contributed by atoms with Gasteiger partial charge in [0.25, 0.3) is 5.91 Å². The summed E-state index contributed by atoms with van der Waals surface area (Å²) in [7, 11) is 1.67. The third kappa shape index (κ3) is 3.83. The molecule has 2 aromatic rings. The van der Waals surface area contributed by atoms with Gasteiger partial charge in [-0.1, -0.05) is 6.07 Å². The number of ether oxygens (including phenoxy) is 1. The lowest BCUT2D eigenvalue weighted by Crippen LogP contribution is -2.49. The molecule has 0 atom stereocenters. The van der Waals surface area contributed by atoms with Crippen LogP contribution in [0.1, 0.15) is 16.3 Å². The Balaban J connectivity index is 1.56. The van der Waals surface area contributed by atoms with Crippen LogP contribution in [0.25, 0.3) is 0 Å². The molecule has 3 rings (SSSR count).